The molecule has 1 atom stereocenters. The number of carbonyl (C=O) groups is 2. The molecule has 0 radical (unpaired) electrons. The van der Waals surface area contributed by atoms with Crippen LogP contribution in [0.3, 0.4) is 0 Å². The van der Waals surface area contributed by atoms with E-state index in [2.05, 4.69) is 20.9 Å². The highest BCUT2D eigenvalue weighted by Gasteiger charge is 2.55. The van der Waals surface area contributed by atoms with Gasteiger partial charge in [-0.25, -0.2) is 16.8 Å². The Morgan fingerprint density at radius 1 is 0.780 bits per heavy atom. The highest BCUT2D eigenvalue weighted by Crippen LogP contribution is 2.42. The Morgan fingerprint density at radius 3 is 1.76 bits per heavy atom. The van der Waals surface area contributed by atoms with Gasteiger partial charge in [-0.1, -0.05) is 51.9 Å². The third kappa shape index (κ3) is 9.15. The number of amides is 2. The van der Waals surface area contributed by atoms with E-state index in [-0.39, 0.29) is 46.1 Å². The van der Waals surface area contributed by atoms with Crippen LogP contribution in [0.25, 0.3) is 0 Å². The Kier molecular flexibility index (Phi) is 12.0. The normalized spacial score (nSPS) is 20.4. The van der Waals surface area contributed by atoms with Crippen LogP contribution >= 0.6 is 0 Å². The minimum Gasteiger partial charge on any atom is -0.381 e. The molecular formula is C34H54N4O10S2. The quantitative estimate of drug-likeness (QED) is 0.333. The second kappa shape index (κ2) is 15.0. The summed E-state index contributed by atoms with van der Waals surface area (Å²) >= 11 is 0. The fourth-order valence-electron chi connectivity index (χ4n) is 5.79. The van der Waals surface area contributed by atoms with E-state index in [1.807, 2.05) is 41.5 Å². The lowest BCUT2D eigenvalue weighted by Gasteiger charge is -2.40. The summed E-state index contributed by atoms with van der Waals surface area (Å²) in [4.78, 5) is 25.4. The van der Waals surface area contributed by atoms with Gasteiger partial charge in [-0.05, 0) is 64.7 Å². The molecule has 2 aromatic rings. The predicted molar refractivity (Wildman–Crippen MR) is 188 cm³/mol. The monoisotopic (exact) mass is 742 g/mol. The van der Waals surface area contributed by atoms with E-state index in [1.54, 1.807) is 12.1 Å². The zero-order valence-electron chi connectivity index (χ0n) is 30.6. The number of hydrogen-bond acceptors (Lipinski definition) is 12. The lowest BCUT2D eigenvalue weighted by Crippen LogP contribution is -2.56. The molecule has 2 N–H and O–H groups in total. The molecule has 1 saturated carbocycles. The van der Waals surface area contributed by atoms with Crippen LogP contribution < -0.4 is 10.6 Å². The van der Waals surface area contributed by atoms with Crippen LogP contribution in [0.1, 0.15) is 112 Å². The van der Waals surface area contributed by atoms with Crippen molar-refractivity contribution in [1.82, 2.24) is 10.3 Å². The Labute approximate surface area is 296 Å². The Bertz CT molecular complexity index is 1700. The first-order valence-corrected chi connectivity index (χ1v) is 20.6. The molecule has 282 valence electrons. The predicted octanol–water partition coefficient (Wildman–Crippen LogP) is 4.96. The smallest absolute Gasteiger partial charge is 0.248 e. The van der Waals surface area contributed by atoms with Gasteiger partial charge in [0.1, 0.15) is 4.75 Å². The number of aromatic nitrogens is 2. The summed E-state index contributed by atoms with van der Waals surface area (Å²) in [6.07, 6.45) is 4.15. The SMILES string of the molecule is CC(C)(C)c1cc(NC(=O)C(C)(C)S(=O)(=O)CC2CCCO2)on1.CC(C)(C)c1cc(NC(=O)C2(S(=O)(=O)CC3CCOCC3)CCC2)on1. The summed E-state index contributed by atoms with van der Waals surface area (Å²) < 4.78 is 69.4. The molecule has 5 rings (SSSR count). The number of nitrogens with zero attached hydrogens (tertiary/aromatic N) is 2. The van der Waals surface area contributed by atoms with Crippen LogP contribution in [-0.2, 0) is 49.6 Å². The molecular weight excluding hydrogens is 689 g/mol. The van der Waals surface area contributed by atoms with Crippen molar-refractivity contribution in [1.29, 1.82) is 0 Å². The third-order valence-electron chi connectivity index (χ3n) is 9.75. The van der Waals surface area contributed by atoms with Gasteiger partial charge in [-0.3, -0.25) is 20.2 Å². The number of anilines is 2. The molecule has 1 unspecified atom stereocenters. The van der Waals surface area contributed by atoms with Crippen LogP contribution in [0.2, 0.25) is 0 Å². The largest absolute Gasteiger partial charge is 0.381 e. The fourth-order valence-corrected chi connectivity index (χ4v) is 9.81. The first kappa shape index (κ1) is 40.0. The van der Waals surface area contributed by atoms with Gasteiger partial charge in [0.15, 0.2) is 24.4 Å². The molecule has 14 nitrogen and oxygen atoms in total. The summed E-state index contributed by atoms with van der Waals surface area (Å²) in [7, 11) is -7.24. The molecule has 2 saturated heterocycles. The van der Waals surface area contributed by atoms with Crippen molar-refractivity contribution in [3.05, 3.63) is 23.5 Å². The summed E-state index contributed by atoms with van der Waals surface area (Å²) in [5, 5.41) is 13.0. The van der Waals surface area contributed by atoms with Gasteiger partial charge in [0, 0.05) is 42.8 Å². The van der Waals surface area contributed by atoms with Gasteiger partial charge in [0.25, 0.3) is 0 Å². The van der Waals surface area contributed by atoms with E-state index in [0.717, 1.165) is 25.7 Å². The molecule has 2 aromatic heterocycles. The van der Waals surface area contributed by atoms with Crippen molar-refractivity contribution >= 4 is 43.3 Å². The van der Waals surface area contributed by atoms with Crippen molar-refractivity contribution in [3.63, 3.8) is 0 Å². The maximum absolute atomic E-state index is 13.1. The van der Waals surface area contributed by atoms with E-state index < -0.39 is 41.0 Å². The standard InChI is InChI=1S/C18H28N2O5S.C16H26N2O5S/c1-17(2,3)14-11-15(25-20-14)19-16(21)18(7-4-8-18)26(22,23)12-13-5-9-24-10-6-13;1-15(2,3)12-9-13(23-18-12)17-14(19)16(4,5)24(20,21)10-11-7-6-8-22-11/h11,13H,4-10,12H2,1-3H3,(H,19,21);9,11H,6-8,10H2,1-5H3,(H,17,19). The number of nitrogens with one attached hydrogen (secondary N) is 2. The van der Waals surface area contributed by atoms with Crippen LogP contribution in [0.4, 0.5) is 11.8 Å². The van der Waals surface area contributed by atoms with Crippen molar-refractivity contribution in [2.45, 2.75) is 127 Å². The number of rotatable bonds is 10. The Morgan fingerprint density at radius 2 is 1.32 bits per heavy atom. The van der Waals surface area contributed by atoms with Crippen molar-refractivity contribution < 1.29 is 44.9 Å². The Hall–Kier alpha value is -2.82. The second-order valence-electron chi connectivity index (χ2n) is 16.2. The fraction of sp³-hybridized carbons (Fsp3) is 0.765. The van der Waals surface area contributed by atoms with E-state index in [0.29, 0.717) is 50.5 Å². The average Bonchev–Trinajstić information content (AvgIpc) is 3.75. The van der Waals surface area contributed by atoms with Crippen LogP contribution in [0.15, 0.2) is 21.2 Å². The van der Waals surface area contributed by atoms with Crippen molar-refractivity contribution in [2.24, 2.45) is 5.92 Å². The van der Waals surface area contributed by atoms with E-state index >= 15 is 0 Å². The highest BCUT2D eigenvalue weighted by atomic mass is 32.2. The molecule has 4 heterocycles. The van der Waals surface area contributed by atoms with E-state index in [1.165, 1.54) is 13.8 Å². The zero-order valence-corrected chi connectivity index (χ0v) is 32.2. The van der Waals surface area contributed by atoms with Crippen molar-refractivity contribution in [2.75, 3.05) is 42.0 Å². The topological polar surface area (TPSA) is 197 Å². The summed E-state index contributed by atoms with van der Waals surface area (Å²) in [5.74, 6) is -0.830. The summed E-state index contributed by atoms with van der Waals surface area (Å²) in [5.41, 5.74) is 0.947. The van der Waals surface area contributed by atoms with Crippen LogP contribution in [0.5, 0.6) is 0 Å². The van der Waals surface area contributed by atoms with Gasteiger partial charge in [0.05, 0.1) is 29.0 Å². The lowest BCUT2D eigenvalue weighted by atomic mass is 9.83. The summed E-state index contributed by atoms with van der Waals surface area (Å²) in [6.45, 7) is 16.4. The second-order valence-corrected chi connectivity index (χ2v) is 21.1. The number of ether oxygens (including phenoxy) is 2. The van der Waals surface area contributed by atoms with Gasteiger partial charge in [0.2, 0.25) is 23.6 Å². The minimum atomic E-state index is -3.68. The van der Waals surface area contributed by atoms with Gasteiger partial charge < -0.3 is 18.5 Å². The average molecular weight is 743 g/mol. The van der Waals surface area contributed by atoms with Gasteiger partial charge in [-0.15, -0.1) is 0 Å². The summed E-state index contributed by atoms with van der Waals surface area (Å²) in [6, 6.07) is 3.27. The molecule has 0 bridgehead atoms. The molecule has 2 aliphatic heterocycles. The lowest BCUT2D eigenvalue weighted by molar-refractivity contribution is -0.120. The zero-order chi connectivity index (χ0) is 37.2. The molecule has 2 amide bonds. The third-order valence-corrected chi connectivity index (χ3v) is 15.0. The van der Waals surface area contributed by atoms with Crippen molar-refractivity contribution in [3.8, 4) is 0 Å². The maximum Gasteiger partial charge on any atom is 0.248 e. The first-order chi connectivity index (χ1) is 23.1. The number of carbonyl (C=O) groups excluding carboxylic acids is 2. The molecule has 3 fully saturated rings. The highest BCUT2D eigenvalue weighted by molar-refractivity contribution is 7.94. The van der Waals surface area contributed by atoms with Crippen LogP contribution in [0, 0.1) is 5.92 Å². The molecule has 0 aromatic carbocycles. The van der Waals surface area contributed by atoms with Crippen LogP contribution in [-0.4, -0.2) is 85.9 Å². The van der Waals surface area contributed by atoms with Gasteiger partial charge >= 0.3 is 0 Å². The maximum atomic E-state index is 13.1. The Balaban J connectivity index is 0.000000226. The number of hydrogen-bond donors (Lipinski definition) is 2. The number of sulfone groups is 2. The minimum absolute atomic E-state index is 0.0490. The van der Waals surface area contributed by atoms with Gasteiger partial charge in [-0.2, -0.15) is 0 Å². The molecule has 16 heteroatoms. The van der Waals surface area contributed by atoms with E-state index in [4.69, 9.17) is 18.5 Å². The molecule has 50 heavy (non-hydrogen) atoms. The molecule has 3 aliphatic rings. The first-order valence-electron chi connectivity index (χ1n) is 17.3. The van der Waals surface area contributed by atoms with E-state index in [9.17, 15) is 26.4 Å². The molecule has 1 aliphatic carbocycles. The molecule has 0 spiro atoms.